The van der Waals surface area contributed by atoms with Gasteiger partial charge in [0.05, 0.1) is 6.54 Å². The number of likely N-dealkylation sites (N-methyl/N-ethyl adjacent to an activating group) is 1. The number of carbonyl (C=O) groups is 2. The predicted octanol–water partition coefficient (Wildman–Crippen LogP) is 0.448. The lowest BCUT2D eigenvalue weighted by atomic mass is 10.3. The smallest absolute Gasteiger partial charge is 0.354 e. The van der Waals surface area contributed by atoms with Crippen LogP contribution in [0.1, 0.15) is 16.9 Å². The third-order valence-corrected chi connectivity index (χ3v) is 2.95. The van der Waals surface area contributed by atoms with Gasteiger partial charge < -0.3 is 14.9 Å². The molecule has 2 rings (SSSR count). The monoisotopic (exact) mass is 249 g/mol. The van der Waals surface area contributed by atoms with E-state index in [4.69, 9.17) is 5.11 Å². The Labute approximate surface area is 105 Å². The molecular formula is C12H15N3O3. The number of nitrogens with zero attached hydrogens (tertiary/aromatic N) is 3. The molecule has 0 atom stereocenters. The molecule has 0 aliphatic carbocycles. The van der Waals surface area contributed by atoms with Crippen LogP contribution in [-0.2, 0) is 4.79 Å². The number of pyridine rings is 1. The van der Waals surface area contributed by atoms with Crippen molar-refractivity contribution < 1.29 is 14.7 Å². The Balaban J connectivity index is 2.22. The highest BCUT2D eigenvalue weighted by molar-refractivity contribution is 5.86. The van der Waals surface area contributed by atoms with Gasteiger partial charge in [0.15, 0.2) is 5.69 Å². The number of aromatic nitrogens is 1. The first-order valence-electron chi connectivity index (χ1n) is 5.77. The van der Waals surface area contributed by atoms with E-state index in [2.05, 4.69) is 4.98 Å². The molecule has 96 valence electrons. The van der Waals surface area contributed by atoms with Crippen molar-refractivity contribution in [2.75, 3.05) is 31.6 Å². The Bertz CT molecular complexity index is 475. The summed E-state index contributed by atoms with van der Waals surface area (Å²) in [5, 5.41) is 8.90. The summed E-state index contributed by atoms with van der Waals surface area (Å²) in [5.74, 6) is -0.497. The first-order valence-corrected chi connectivity index (χ1v) is 5.77. The van der Waals surface area contributed by atoms with Gasteiger partial charge >= 0.3 is 5.97 Å². The highest BCUT2D eigenvalue weighted by Crippen LogP contribution is 2.14. The molecule has 0 aromatic carbocycles. The van der Waals surface area contributed by atoms with Crippen LogP contribution >= 0.6 is 0 Å². The summed E-state index contributed by atoms with van der Waals surface area (Å²) in [5.41, 5.74) is -0.00227. The lowest BCUT2D eigenvalue weighted by molar-refractivity contribution is -0.127. The third-order valence-electron chi connectivity index (χ3n) is 2.95. The van der Waals surface area contributed by atoms with E-state index in [9.17, 15) is 9.59 Å². The van der Waals surface area contributed by atoms with E-state index in [1.54, 1.807) is 24.1 Å². The van der Waals surface area contributed by atoms with Crippen LogP contribution in [0.4, 0.5) is 5.82 Å². The number of amides is 1. The van der Waals surface area contributed by atoms with Crippen molar-refractivity contribution in [3.63, 3.8) is 0 Å². The summed E-state index contributed by atoms with van der Waals surface area (Å²) >= 11 is 0. The SMILES string of the molecule is CN1CCCN(c2cccc(C(=O)O)n2)CC1=O. The highest BCUT2D eigenvalue weighted by atomic mass is 16.4. The van der Waals surface area contributed by atoms with E-state index in [0.717, 1.165) is 6.42 Å². The van der Waals surface area contributed by atoms with Crippen molar-refractivity contribution in [3.8, 4) is 0 Å². The second-order valence-corrected chi connectivity index (χ2v) is 4.28. The molecule has 1 amide bonds. The Morgan fingerprint density at radius 2 is 2.17 bits per heavy atom. The molecule has 18 heavy (non-hydrogen) atoms. The summed E-state index contributed by atoms with van der Waals surface area (Å²) in [6.45, 7) is 1.66. The van der Waals surface area contributed by atoms with E-state index in [-0.39, 0.29) is 18.1 Å². The summed E-state index contributed by atoms with van der Waals surface area (Å²) < 4.78 is 0. The van der Waals surface area contributed by atoms with Crippen LogP contribution in [-0.4, -0.2) is 53.5 Å². The van der Waals surface area contributed by atoms with Crippen molar-refractivity contribution in [2.45, 2.75) is 6.42 Å². The van der Waals surface area contributed by atoms with Crippen molar-refractivity contribution in [1.29, 1.82) is 0 Å². The Hall–Kier alpha value is -2.11. The molecule has 1 aliphatic heterocycles. The number of carboxylic acid groups (broad SMARTS) is 1. The minimum Gasteiger partial charge on any atom is -0.477 e. The number of carbonyl (C=O) groups excluding carboxylic acids is 1. The van der Waals surface area contributed by atoms with Gasteiger partial charge in [0.25, 0.3) is 0 Å². The summed E-state index contributed by atoms with van der Waals surface area (Å²) in [6, 6.07) is 4.81. The molecule has 0 bridgehead atoms. The van der Waals surface area contributed by atoms with Gasteiger partial charge in [-0.15, -0.1) is 0 Å². The fourth-order valence-electron chi connectivity index (χ4n) is 1.90. The summed E-state index contributed by atoms with van der Waals surface area (Å²) in [7, 11) is 1.77. The molecule has 1 saturated heterocycles. The van der Waals surface area contributed by atoms with Crippen LogP contribution < -0.4 is 4.90 Å². The predicted molar refractivity (Wildman–Crippen MR) is 65.7 cm³/mol. The number of rotatable bonds is 2. The Kier molecular flexibility index (Phi) is 3.45. The normalized spacial score (nSPS) is 16.6. The minimum atomic E-state index is -1.06. The van der Waals surface area contributed by atoms with Crippen LogP contribution in [0, 0.1) is 0 Å². The van der Waals surface area contributed by atoms with Crippen molar-refractivity contribution >= 4 is 17.7 Å². The van der Waals surface area contributed by atoms with Gasteiger partial charge in [-0.3, -0.25) is 4.79 Å². The molecule has 1 fully saturated rings. The first kappa shape index (κ1) is 12.3. The molecule has 0 unspecified atom stereocenters. The van der Waals surface area contributed by atoms with Crippen molar-refractivity contribution in [1.82, 2.24) is 9.88 Å². The van der Waals surface area contributed by atoms with Crippen molar-refractivity contribution in [2.24, 2.45) is 0 Å². The zero-order valence-electron chi connectivity index (χ0n) is 10.2. The van der Waals surface area contributed by atoms with Crippen LogP contribution in [0.3, 0.4) is 0 Å². The van der Waals surface area contributed by atoms with Gasteiger partial charge in [-0.2, -0.15) is 0 Å². The lowest BCUT2D eigenvalue weighted by Gasteiger charge is -2.20. The molecule has 2 heterocycles. The van der Waals surface area contributed by atoms with Crippen molar-refractivity contribution in [3.05, 3.63) is 23.9 Å². The molecule has 1 aromatic heterocycles. The molecule has 0 radical (unpaired) electrons. The molecule has 0 spiro atoms. The summed E-state index contributed by atoms with van der Waals surface area (Å²) in [4.78, 5) is 30.2. The van der Waals surface area contributed by atoms with Gasteiger partial charge in [-0.1, -0.05) is 6.07 Å². The Morgan fingerprint density at radius 1 is 1.39 bits per heavy atom. The van der Waals surface area contributed by atoms with Crippen LogP contribution in [0.5, 0.6) is 0 Å². The second kappa shape index (κ2) is 5.03. The highest BCUT2D eigenvalue weighted by Gasteiger charge is 2.20. The summed E-state index contributed by atoms with van der Waals surface area (Å²) in [6.07, 6.45) is 0.848. The average Bonchev–Trinajstić information content (AvgIpc) is 2.52. The zero-order chi connectivity index (χ0) is 13.1. The molecule has 6 heteroatoms. The Morgan fingerprint density at radius 3 is 2.89 bits per heavy atom. The maximum Gasteiger partial charge on any atom is 0.354 e. The standard InChI is InChI=1S/C12H15N3O3/c1-14-6-3-7-15(8-11(14)16)10-5-2-4-9(13-10)12(17)18/h2,4-5H,3,6-8H2,1H3,(H,17,18). The van der Waals surface area contributed by atoms with Crippen LogP contribution in [0.25, 0.3) is 0 Å². The van der Waals surface area contributed by atoms with Gasteiger partial charge in [0.1, 0.15) is 5.82 Å². The van der Waals surface area contributed by atoms with Crippen LogP contribution in [0.15, 0.2) is 18.2 Å². The zero-order valence-corrected chi connectivity index (χ0v) is 10.2. The van der Waals surface area contributed by atoms with E-state index in [1.807, 2.05) is 4.90 Å². The average molecular weight is 249 g/mol. The number of anilines is 1. The second-order valence-electron chi connectivity index (χ2n) is 4.28. The van der Waals surface area contributed by atoms with E-state index in [0.29, 0.717) is 18.9 Å². The number of carboxylic acids is 1. The van der Waals surface area contributed by atoms with Gasteiger partial charge in [0, 0.05) is 20.1 Å². The maximum absolute atomic E-state index is 11.8. The fourth-order valence-corrected chi connectivity index (χ4v) is 1.90. The molecule has 1 aromatic rings. The number of hydrogen-bond donors (Lipinski definition) is 1. The first-order chi connectivity index (χ1) is 8.58. The number of aromatic carboxylic acids is 1. The van der Waals surface area contributed by atoms with E-state index < -0.39 is 5.97 Å². The van der Waals surface area contributed by atoms with Crippen LogP contribution in [0.2, 0.25) is 0 Å². The fraction of sp³-hybridized carbons (Fsp3) is 0.417. The minimum absolute atomic E-state index is 0.00227. The van der Waals surface area contributed by atoms with Gasteiger partial charge in [-0.05, 0) is 18.6 Å². The number of hydrogen-bond acceptors (Lipinski definition) is 4. The molecular weight excluding hydrogens is 234 g/mol. The lowest BCUT2D eigenvalue weighted by Crippen LogP contribution is -2.34. The van der Waals surface area contributed by atoms with E-state index >= 15 is 0 Å². The van der Waals surface area contributed by atoms with E-state index in [1.165, 1.54) is 6.07 Å². The quantitative estimate of drug-likeness (QED) is 0.823. The maximum atomic E-state index is 11.8. The van der Waals surface area contributed by atoms with Gasteiger partial charge in [0.2, 0.25) is 5.91 Å². The third kappa shape index (κ3) is 2.58. The molecule has 6 nitrogen and oxygen atoms in total. The largest absolute Gasteiger partial charge is 0.477 e. The topological polar surface area (TPSA) is 73.7 Å². The molecule has 0 saturated carbocycles. The molecule has 1 N–H and O–H groups in total. The van der Waals surface area contributed by atoms with Gasteiger partial charge in [-0.25, -0.2) is 9.78 Å². The molecule has 1 aliphatic rings.